The molecule has 1 aromatic heterocycles. The van der Waals surface area contributed by atoms with Crippen molar-refractivity contribution in [3.8, 4) is 0 Å². The van der Waals surface area contributed by atoms with Crippen molar-refractivity contribution in [2.45, 2.75) is 24.1 Å². The van der Waals surface area contributed by atoms with Crippen molar-refractivity contribution in [2.75, 3.05) is 17.7 Å². The van der Waals surface area contributed by atoms with E-state index in [1.807, 2.05) is 0 Å². The van der Waals surface area contributed by atoms with Gasteiger partial charge in [0.2, 0.25) is 0 Å². The molecule has 0 aliphatic heterocycles. The maximum atomic E-state index is 12.0. The summed E-state index contributed by atoms with van der Waals surface area (Å²) in [6.45, 7) is 3.01. The number of aromatic nitrogens is 1. The third-order valence-electron chi connectivity index (χ3n) is 1.92. The first kappa shape index (κ1) is 15.3. The number of sulfonamides is 1. The number of hydrogen-bond donors (Lipinski definition) is 2. The fraction of sp³-hybridized carbons (Fsp3) is 0.625. The summed E-state index contributed by atoms with van der Waals surface area (Å²) in [6, 6.07) is -0.715. The highest BCUT2D eigenvalue weighted by molar-refractivity contribution is 7.92. The Morgan fingerprint density at radius 3 is 2.33 bits per heavy atom. The van der Waals surface area contributed by atoms with Gasteiger partial charge < -0.3 is 5.73 Å². The highest BCUT2D eigenvalue weighted by Gasteiger charge is 2.24. The molecule has 0 aliphatic rings. The first-order valence-electron chi connectivity index (χ1n) is 4.94. The predicted molar refractivity (Wildman–Crippen MR) is 70.8 cm³/mol. The third kappa shape index (κ3) is 4.19. The van der Waals surface area contributed by atoms with Crippen LogP contribution in [-0.2, 0) is 19.9 Å². The van der Waals surface area contributed by atoms with Crippen LogP contribution in [-0.4, -0.2) is 39.9 Å². The lowest BCUT2D eigenvalue weighted by Gasteiger charge is -2.12. The second-order valence-corrected chi connectivity index (χ2v) is 9.16. The molecule has 0 bridgehead atoms. The van der Waals surface area contributed by atoms with Crippen LogP contribution in [0.25, 0.3) is 0 Å². The molecule has 0 saturated heterocycles. The molecule has 1 atom stereocenters. The molecular weight excluding hydrogens is 298 g/mol. The molecule has 1 rings (SSSR count). The highest BCUT2D eigenvalue weighted by atomic mass is 32.2. The van der Waals surface area contributed by atoms with Gasteiger partial charge in [-0.15, -0.1) is 0 Å². The molecule has 0 amide bonds. The number of anilines is 1. The van der Waals surface area contributed by atoms with Crippen molar-refractivity contribution in [1.82, 2.24) is 9.71 Å². The van der Waals surface area contributed by atoms with E-state index in [0.29, 0.717) is 5.69 Å². The molecule has 0 fully saturated rings. The van der Waals surface area contributed by atoms with Gasteiger partial charge in [-0.25, -0.2) is 26.5 Å². The van der Waals surface area contributed by atoms with E-state index in [0.717, 1.165) is 17.6 Å². The number of rotatable bonds is 5. The van der Waals surface area contributed by atoms with Gasteiger partial charge in [-0.3, -0.25) is 0 Å². The van der Waals surface area contributed by atoms with Crippen LogP contribution >= 0.6 is 11.3 Å². The lowest BCUT2D eigenvalue weighted by molar-refractivity contribution is 0.565. The Morgan fingerprint density at radius 1 is 1.39 bits per heavy atom. The van der Waals surface area contributed by atoms with Gasteiger partial charge in [0.15, 0.2) is 9.34 Å². The van der Waals surface area contributed by atoms with E-state index in [1.165, 1.54) is 13.8 Å². The molecule has 104 valence electrons. The van der Waals surface area contributed by atoms with Crippen LogP contribution in [0.1, 0.15) is 12.6 Å². The average Bonchev–Trinajstić information content (AvgIpc) is 2.40. The molecule has 1 unspecified atom stereocenters. The van der Waals surface area contributed by atoms with Gasteiger partial charge in [-0.1, -0.05) is 11.3 Å². The number of thiazole rings is 1. The quantitative estimate of drug-likeness (QED) is 0.773. The Kier molecular flexibility index (Phi) is 4.36. The van der Waals surface area contributed by atoms with Gasteiger partial charge in [0, 0.05) is 12.3 Å². The molecule has 10 heteroatoms. The summed E-state index contributed by atoms with van der Waals surface area (Å²) >= 11 is 0.848. The first-order chi connectivity index (χ1) is 8.01. The largest absolute Gasteiger partial charge is 0.375 e. The maximum Gasteiger partial charge on any atom is 0.252 e. The normalized spacial score (nSPS) is 14.6. The highest BCUT2D eigenvalue weighted by Crippen LogP contribution is 2.24. The number of nitrogens with one attached hydrogen (secondary N) is 1. The van der Waals surface area contributed by atoms with Crippen molar-refractivity contribution in [2.24, 2.45) is 0 Å². The molecule has 1 heterocycles. The molecule has 0 saturated carbocycles. The molecular formula is C8H15N3O4S3. The lowest BCUT2D eigenvalue weighted by Crippen LogP contribution is -2.37. The zero-order chi connectivity index (χ0) is 14.1. The van der Waals surface area contributed by atoms with E-state index in [9.17, 15) is 16.8 Å². The average molecular weight is 313 g/mol. The monoisotopic (exact) mass is 313 g/mol. The number of nitrogen functional groups attached to an aromatic ring is 1. The van der Waals surface area contributed by atoms with Crippen molar-refractivity contribution in [3.63, 3.8) is 0 Å². The van der Waals surface area contributed by atoms with Gasteiger partial charge in [0.1, 0.15) is 9.84 Å². The fourth-order valence-corrected chi connectivity index (χ4v) is 5.12. The standard InChI is InChI=1S/C8H15N3O4S3/c1-5(4-17(3,12)13)11-18(14,15)7-6(2)10-8(9)16-7/h5,11H,4H2,1-3H3,(H2,9,10). The van der Waals surface area contributed by atoms with Gasteiger partial charge in [-0.2, -0.15) is 0 Å². The van der Waals surface area contributed by atoms with Crippen LogP contribution in [0, 0.1) is 6.92 Å². The Bertz CT molecular complexity index is 633. The van der Waals surface area contributed by atoms with Crippen LogP contribution in [0.5, 0.6) is 0 Å². The van der Waals surface area contributed by atoms with E-state index in [2.05, 4.69) is 9.71 Å². The van der Waals surface area contributed by atoms with Crippen molar-refractivity contribution in [1.29, 1.82) is 0 Å². The van der Waals surface area contributed by atoms with E-state index in [-0.39, 0.29) is 15.1 Å². The van der Waals surface area contributed by atoms with Crippen LogP contribution in [0.4, 0.5) is 5.13 Å². The third-order valence-corrected chi connectivity index (χ3v) is 6.21. The topological polar surface area (TPSA) is 119 Å². The minimum absolute atomic E-state index is 0.0142. The van der Waals surface area contributed by atoms with E-state index in [1.54, 1.807) is 0 Å². The summed E-state index contributed by atoms with van der Waals surface area (Å²) in [7, 11) is -7.03. The van der Waals surface area contributed by atoms with Crippen LogP contribution < -0.4 is 10.5 Å². The summed E-state index contributed by atoms with van der Waals surface area (Å²) in [5.74, 6) is -0.264. The summed E-state index contributed by atoms with van der Waals surface area (Å²) in [5.41, 5.74) is 5.73. The SMILES string of the molecule is Cc1nc(N)sc1S(=O)(=O)NC(C)CS(C)(=O)=O. The van der Waals surface area contributed by atoms with Gasteiger partial charge >= 0.3 is 0 Å². The second-order valence-electron chi connectivity index (χ2n) is 4.04. The van der Waals surface area contributed by atoms with Gasteiger partial charge in [-0.05, 0) is 13.8 Å². The molecule has 0 aliphatic carbocycles. The first-order valence-corrected chi connectivity index (χ1v) is 9.30. The lowest BCUT2D eigenvalue weighted by atomic mass is 10.4. The number of hydrogen-bond acceptors (Lipinski definition) is 7. The zero-order valence-corrected chi connectivity index (χ0v) is 12.6. The Labute approximate surface area is 110 Å². The zero-order valence-electron chi connectivity index (χ0n) is 10.2. The molecule has 1 aromatic rings. The van der Waals surface area contributed by atoms with E-state index >= 15 is 0 Å². The molecule has 18 heavy (non-hydrogen) atoms. The van der Waals surface area contributed by atoms with Crippen LogP contribution in [0.3, 0.4) is 0 Å². The number of nitrogens with zero attached hydrogens (tertiary/aromatic N) is 1. The summed E-state index contributed by atoms with van der Waals surface area (Å²) in [6.07, 6.45) is 1.05. The smallest absolute Gasteiger partial charge is 0.252 e. The molecule has 0 radical (unpaired) electrons. The Morgan fingerprint density at radius 2 is 1.94 bits per heavy atom. The molecule has 0 spiro atoms. The van der Waals surface area contributed by atoms with E-state index < -0.39 is 25.9 Å². The van der Waals surface area contributed by atoms with E-state index in [4.69, 9.17) is 5.73 Å². The van der Waals surface area contributed by atoms with Crippen LogP contribution in [0.2, 0.25) is 0 Å². The van der Waals surface area contributed by atoms with Crippen molar-refractivity contribution < 1.29 is 16.8 Å². The molecule has 0 aromatic carbocycles. The maximum absolute atomic E-state index is 12.0. The van der Waals surface area contributed by atoms with Gasteiger partial charge in [0.05, 0.1) is 11.4 Å². The summed E-state index contributed by atoms with van der Waals surface area (Å²) < 4.78 is 48.4. The predicted octanol–water partition coefficient (Wildman–Crippen LogP) is -0.255. The van der Waals surface area contributed by atoms with Crippen molar-refractivity contribution >= 4 is 36.3 Å². The fourth-order valence-electron chi connectivity index (χ4n) is 1.46. The summed E-state index contributed by atoms with van der Waals surface area (Å²) in [5, 5.41) is 0.156. The minimum atomic E-state index is -3.78. The number of aryl methyl sites for hydroxylation is 1. The molecule has 7 nitrogen and oxygen atoms in total. The van der Waals surface area contributed by atoms with Crippen molar-refractivity contribution in [3.05, 3.63) is 5.69 Å². The van der Waals surface area contributed by atoms with Gasteiger partial charge in [0.25, 0.3) is 10.0 Å². The van der Waals surface area contributed by atoms with Crippen LogP contribution in [0.15, 0.2) is 4.21 Å². The Balaban J connectivity index is 2.93. The Hall–Kier alpha value is -0.710. The minimum Gasteiger partial charge on any atom is -0.375 e. The summed E-state index contributed by atoms with van der Waals surface area (Å²) in [4.78, 5) is 3.82. The number of nitrogens with two attached hydrogens (primary N) is 1. The molecule has 3 N–H and O–H groups in total. The number of sulfone groups is 1. The second kappa shape index (κ2) is 5.11.